The number of hydrogen-bond acceptors (Lipinski definition) is 3. The van der Waals surface area contributed by atoms with Crippen molar-refractivity contribution < 1.29 is 0 Å². The predicted octanol–water partition coefficient (Wildman–Crippen LogP) is 2.72. The zero-order valence-corrected chi connectivity index (χ0v) is 13.6. The highest BCUT2D eigenvalue weighted by Gasteiger charge is 2.16. The average molecular weight is 281 g/mol. The van der Waals surface area contributed by atoms with Gasteiger partial charge < -0.3 is 15.1 Å². The topological polar surface area (TPSA) is 18.5 Å². The maximum Gasteiger partial charge on any atom is 0.00797 e. The molecule has 0 aromatic rings. The summed E-state index contributed by atoms with van der Waals surface area (Å²) in [5.74, 6) is 0. The van der Waals surface area contributed by atoms with Crippen molar-refractivity contribution in [3.05, 3.63) is 0 Å². The Hall–Kier alpha value is -0.120. The van der Waals surface area contributed by atoms with Gasteiger partial charge in [-0.15, -0.1) is 0 Å². The molecular formula is C17H35N3. The molecule has 0 saturated carbocycles. The third kappa shape index (κ3) is 6.11. The van der Waals surface area contributed by atoms with Crippen molar-refractivity contribution in [2.24, 2.45) is 0 Å². The van der Waals surface area contributed by atoms with Crippen LogP contribution in [0.2, 0.25) is 0 Å². The van der Waals surface area contributed by atoms with Crippen LogP contribution < -0.4 is 5.32 Å². The van der Waals surface area contributed by atoms with E-state index < -0.39 is 0 Å². The molecule has 0 radical (unpaired) electrons. The Kier molecular flexibility index (Phi) is 7.92. The van der Waals surface area contributed by atoms with Crippen LogP contribution in [-0.4, -0.2) is 61.7 Å². The highest BCUT2D eigenvalue weighted by atomic mass is 15.1. The van der Waals surface area contributed by atoms with Crippen LogP contribution in [0.5, 0.6) is 0 Å². The first-order chi connectivity index (χ1) is 9.88. The minimum Gasteiger partial charge on any atom is -0.314 e. The fraction of sp³-hybridized carbons (Fsp3) is 1.00. The monoisotopic (exact) mass is 281 g/mol. The molecule has 2 heterocycles. The third-order valence-corrected chi connectivity index (χ3v) is 4.89. The third-order valence-electron chi connectivity index (χ3n) is 4.89. The number of nitrogens with one attached hydrogen (secondary N) is 1. The summed E-state index contributed by atoms with van der Waals surface area (Å²) < 4.78 is 0. The minimum absolute atomic E-state index is 0.776. The molecule has 0 aliphatic carbocycles. The zero-order chi connectivity index (χ0) is 14.0. The summed E-state index contributed by atoms with van der Waals surface area (Å²) in [4.78, 5) is 5.30. The summed E-state index contributed by atoms with van der Waals surface area (Å²) in [7, 11) is 0. The standard InChI is InChI=1S/C17H35N3/c1-2-11-19-14-6-8-17(9-16-19)18-10-7-15-20-12-4-3-5-13-20/h17-18H,2-16H2,1H3. The Morgan fingerprint density at radius 1 is 0.850 bits per heavy atom. The lowest BCUT2D eigenvalue weighted by atomic mass is 10.1. The molecule has 2 saturated heterocycles. The molecule has 0 aromatic heterocycles. The van der Waals surface area contributed by atoms with Gasteiger partial charge in [-0.25, -0.2) is 0 Å². The lowest BCUT2D eigenvalue weighted by Gasteiger charge is -2.26. The van der Waals surface area contributed by atoms with Crippen molar-refractivity contribution in [3.8, 4) is 0 Å². The van der Waals surface area contributed by atoms with E-state index in [4.69, 9.17) is 0 Å². The van der Waals surface area contributed by atoms with Gasteiger partial charge in [0, 0.05) is 6.04 Å². The number of likely N-dealkylation sites (tertiary alicyclic amines) is 2. The van der Waals surface area contributed by atoms with Gasteiger partial charge in [-0.1, -0.05) is 13.3 Å². The SMILES string of the molecule is CCCN1CCCC(NCCCN2CCCCC2)CC1. The summed E-state index contributed by atoms with van der Waals surface area (Å²) in [6.07, 6.45) is 11.0. The van der Waals surface area contributed by atoms with Crippen LogP contribution in [0.3, 0.4) is 0 Å². The first kappa shape index (κ1) is 16.3. The summed E-state index contributed by atoms with van der Waals surface area (Å²) in [6, 6.07) is 0.776. The van der Waals surface area contributed by atoms with E-state index in [9.17, 15) is 0 Å². The van der Waals surface area contributed by atoms with E-state index in [2.05, 4.69) is 22.0 Å². The molecular weight excluding hydrogens is 246 g/mol. The maximum atomic E-state index is 3.81. The number of nitrogens with zero attached hydrogens (tertiary/aromatic N) is 2. The van der Waals surface area contributed by atoms with Crippen molar-refractivity contribution in [2.75, 3.05) is 45.8 Å². The van der Waals surface area contributed by atoms with Crippen molar-refractivity contribution in [1.82, 2.24) is 15.1 Å². The van der Waals surface area contributed by atoms with Gasteiger partial charge in [-0.3, -0.25) is 0 Å². The largest absolute Gasteiger partial charge is 0.314 e. The number of hydrogen-bond donors (Lipinski definition) is 1. The van der Waals surface area contributed by atoms with Crippen LogP contribution in [0, 0.1) is 0 Å². The molecule has 0 aromatic carbocycles. The molecule has 0 spiro atoms. The Morgan fingerprint density at radius 3 is 2.40 bits per heavy atom. The molecule has 118 valence electrons. The van der Waals surface area contributed by atoms with Crippen molar-refractivity contribution in [2.45, 2.75) is 64.3 Å². The molecule has 1 atom stereocenters. The van der Waals surface area contributed by atoms with Gasteiger partial charge in [0.1, 0.15) is 0 Å². The molecule has 3 heteroatoms. The molecule has 2 aliphatic rings. The van der Waals surface area contributed by atoms with Crippen LogP contribution >= 0.6 is 0 Å². The Bertz CT molecular complexity index is 238. The van der Waals surface area contributed by atoms with Crippen molar-refractivity contribution in [3.63, 3.8) is 0 Å². The van der Waals surface area contributed by atoms with E-state index in [1.165, 1.54) is 97.2 Å². The van der Waals surface area contributed by atoms with Gasteiger partial charge in [-0.2, -0.15) is 0 Å². The lowest BCUT2D eigenvalue weighted by Crippen LogP contribution is -2.35. The van der Waals surface area contributed by atoms with Gasteiger partial charge in [0.2, 0.25) is 0 Å². The van der Waals surface area contributed by atoms with Crippen LogP contribution in [-0.2, 0) is 0 Å². The van der Waals surface area contributed by atoms with Crippen LogP contribution in [0.1, 0.15) is 58.3 Å². The normalized spacial score (nSPS) is 26.6. The van der Waals surface area contributed by atoms with E-state index in [0.717, 1.165) is 6.04 Å². The summed E-state index contributed by atoms with van der Waals surface area (Å²) in [5.41, 5.74) is 0. The second kappa shape index (κ2) is 9.75. The highest BCUT2D eigenvalue weighted by molar-refractivity contribution is 4.75. The fourth-order valence-corrected chi connectivity index (χ4v) is 3.69. The van der Waals surface area contributed by atoms with Crippen LogP contribution in [0.15, 0.2) is 0 Å². The molecule has 2 rings (SSSR count). The second-order valence-corrected chi connectivity index (χ2v) is 6.68. The first-order valence-electron chi connectivity index (χ1n) is 9.06. The van der Waals surface area contributed by atoms with Crippen molar-refractivity contribution in [1.29, 1.82) is 0 Å². The Morgan fingerprint density at radius 2 is 1.60 bits per heavy atom. The summed E-state index contributed by atoms with van der Waals surface area (Å²) in [6.45, 7) is 11.4. The summed E-state index contributed by atoms with van der Waals surface area (Å²) >= 11 is 0. The average Bonchev–Trinajstić information content (AvgIpc) is 2.71. The smallest absolute Gasteiger partial charge is 0.00797 e. The molecule has 20 heavy (non-hydrogen) atoms. The van der Waals surface area contributed by atoms with E-state index >= 15 is 0 Å². The quantitative estimate of drug-likeness (QED) is 0.724. The van der Waals surface area contributed by atoms with Crippen LogP contribution in [0.25, 0.3) is 0 Å². The molecule has 0 amide bonds. The summed E-state index contributed by atoms with van der Waals surface area (Å²) in [5, 5.41) is 3.81. The second-order valence-electron chi connectivity index (χ2n) is 6.68. The van der Waals surface area contributed by atoms with Gasteiger partial charge in [-0.05, 0) is 90.8 Å². The van der Waals surface area contributed by atoms with Gasteiger partial charge in [0.15, 0.2) is 0 Å². The molecule has 0 bridgehead atoms. The molecule has 2 aliphatic heterocycles. The van der Waals surface area contributed by atoms with E-state index in [0.29, 0.717) is 0 Å². The van der Waals surface area contributed by atoms with E-state index in [1.807, 2.05) is 0 Å². The molecule has 2 fully saturated rings. The fourth-order valence-electron chi connectivity index (χ4n) is 3.69. The minimum atomic E-state index is 0.776. The van der Waals surface area contributed by atoms with E-state index in [1.54, 1.807) is 0 Å². The maximum absolute atomic E-state index is 3.81. The van der Waals surface area contributed by atoms with Crippen LogP contribution in [0.4, 0.5) is 0 Å². The molecule has 1 N–H and O–H groups in total. The Balaban J connectivity index is 1.52. The Labute approximate surface area is 126 Å². The molecule has 1 unspecified atom stereocenters. The zero-order valence-electron chi connectivity index (χ0n) is 13.6. The highest BCUT2D eigenvalue weighted by Crippen LogP contribution is 2.12. The number of piperidine rings is 1. The van der Waals surface area contributed by atoms with Gasteiger partial charge in [0.05, 0.1) is 0 Å². The van der Waals surface area contributed by atoms with Gasteiger partial charge >= 0.3 is 0 Å². The lowest BCUT2D eigenvalue weighted by molar-refractivity contribution is 0.224. The van der Waals surface area contributed by atoms with Gasteiger partial charge in [0.25, 0.3) is 0 Å². The predicted molar refractivity (Wildman–Crippen MR) is 87.3 cm³/mol. The van der Waals surface area contributed by atoms with E-state index in [-0.39, 0.29) is 0 Å². The number of rotatable bonds is 7. The molecule has 3 nitrogen and oxygen atoms in total. The van der Waals surface area contributed by atoms with Crippen molar-refractivity contribution >= 4 is 0 Å². The first-order valence-corrected chi connectivity index (χ1v) is 9.06.